The molecule has 138 valence electrons. The number of amides is 1. The average Bonchev–Trinajstić information content (AvgIpc) is 2.53. The number of alkyl halides is 3. The largest absolute Gasteiger partial charge is 0.416 e. The zero-order valence-corrected chi connectivity index (χ0v) is 14.8. The van der Waals surface area contributed by atoms with Gasteiger partial charge in [-0.15, -0.1) is 0 Å². The summed E-state index contributed by atoms with van der Waals surface area (Å²) in [4.78, 5) is 13.6. The van der Waals surface area contributed by atoms with Gasteiger partial charge in [-0.2, -0.15) is 13.2 Å². The van der Waals surface area contributed by atoms with Gasteiger partial charge in [0.25, 0.3) is 5.91 Å². The Balaban J connectivity index is 1.72. The Morgan fingerprint density at radius 3 is 2.27 bits per heavy atom. The predicted molar refractivity (Wildman–Crippen MR) is 89.8 cm³/mol. The van der Waals surface area contributed by atoms with Gasteiger partial charge in [0.15, 0.2) is 9.84 Å². The quantitative estimate of drug-likeness (QED) is 0.786. The van der Waals surface area contributed by atoms with Crippen LogP contribution in [-0.2, 0) is 16.0 Å². The van der Waals surface area contributed by atoms with Gasteiger partial charge in [-0.05, 0) is 42.5 Å². The van der Waals surface area contributed by atoms with Crippen LogP contribution < -0.4 is 0 Å². The molecule has 0 aromatic heterocycles. The molecular formula is C17H13ClF3NO3S. The summed E-state index contributed by atoms with van der Waals surface area (Å²) in [5, 5.41) is -0.391. The van der Waals surface area contributed by atoms with Crippen molar-refractivity contribution >= 4 is 27.3 Å². The first-order valence-corrected chi connectivity index (χ1v) is 9.47. The first-order chi connectivity index (χ1) is 12.1. The van der Waals surface area contributed by atoms with Gasteiger partial charge in [0, 0.05) is 23.7 Å². The molecule has 9 heteroatoms. The minimum Gasteiger partial charge on any atom is -0.336 e. The number of carbonyl (C=O) groups excluding carboxylic acids is 1. The van der Waals surface area contributed by atoms with Gasteiger partial charge in [-0.25, -0.2) is 8.42 Å². The number of likely N-dealkylation sites (tertiary alicyclic amines) is 1. The van der Waals surface area contributed by atoms with Gasteiger partial charge in [0.05, 0.1) is 10.5 Å². The van der Waals surface area contributed by atoms with E-state index in [4.69, 9.17) is 11.6 Å². The molecule has 1 aliphatic rings. The lowest BCUT2D eigenvalue weighted by molar-refractivity contribution is -0.137. The Hall–Kier alpha value is -2.06. The number of rotatable bonds is 3. The minimum absolute atomic E-state index is 0.0694. The SMILES string of the molecule is O=C(c1cccc(C(F)(F)F)c1)N1CC(S(=O)(=O)c2ccc(Cl)cc2)C1. The smallest absolute Gasteiger partial charge is 0.336 e. The second kappa shape index (κ2) is 6.59. The summed E-state index contributed by atoms with van der Waals surface area (Å²) in [6.45, 7) is -0.139. The van der Waals surface area contributed by atoms with Crippen molar-refractivity contribution in [3.8, 4) is 0 Å². The molecule has 0 unspecified atom stereocenters. The van der Waals surface area contributed by atoms with E-state index in [1.807, 2.05) is 0 Å². The zero-order valence-electron chi connectivity index (χ0n) is 13.2. The molecule has 0 radical (unpaired) electrons. The van der Waals surface area contributed by atoms with E-state index in [0.29, 0.717) is 5.02 Å². The second-order valence-corrected chi connectivity index (χ2v) is 8.57. The van der Waals surface area contributed by atoms with Crippen molar-refractivity contribution in [2.24, 2.45) is 0 Å². The first kappa shape index (κ1) is 18.7. The number of hydrogen-bond acceptors (Lipinski definition) is 3. The van der Waals surface area contributed by atoms with Crippen LogP contribution in [0.15, 0.2) is 53.4 Å². The van der Waals surface area contributed by atoms with Gasteiger partial charge in [0.2, 0.25) is 0 Å². The van der Waals surface area contributed by atoms with Gasteiger partial charge in [-0.3, -0.25) is 4.79 Å². The molecular weight excluding hydrogens is 391 g/mol. The lowest BCUT2D eigenvalue weighted by atomic mass is 10.1. The summed E-state index contributed by atoms with van der Waals surface area (Å²) in [7, 11) is -3.63. The Morgan fingerprint density at radius 1 is 1.08 bits per heavy atom. The van der Waals surface area contributed by atoms with Gasteiger partial charge < -0.3 is 4.90 Å². The fourth-order valence-electron chi connectivity index (χ4n) is 2.63. The van der Waals surface area contributed by atoms with E-state index >= 15 is 0 Å². The molecule has 0 aliphatic carbocycles. The van der Waals surface area contributed by atoms with Crippen molar-refractivity contribution in [1.29, 1.82) is 0 Å². The van der Waals surface area contributed by atoms with Crippen LogP contribution in [0.5, 0.6) is 0 Å². The standard InChI is InChI=1S/C17H13ClF3NO3S/c18-13-4-6-14(7-5-13)26(24,25)15-9-22(10-15)16(23)11-2-1-3-12(8-11)17(19,20)21/h1-8,15H,9-10H2. The minimum atomic E-state index is -4.55. The molecule has 0 N–H and O–H groups in total. The first-order valence-electron chi connectivity index (χ1n) is 7.55. The Morgan fingerprint density at radius 2 is 1.69 bits per heavy atom. The van der Waals surface area contributed by atoms with Crippen LogP contribution in [0.2, 0.25) is 5.02 Å². The molecule has 1 aliphatic heterocycles. The number of nitrogens with zero attached hydrogens (tertiary/aromatic N) is 1. The lowest BCUT2D eigenvalue weighted by Crippen LogP contribution is -2.56. The van der Waals surface area contributed by atoms with E-state index in [1.54, 1.807) is 0 Å². The molecule has 0 bridgehead atoms. The van der Waals surface area contributed by atoms with Crippen molar-refractivity contribution in [2.75, 3.05) is 13.1 Å². The van der Waals surface area contributed by atoms with Crippen LogP contribution >= 0.6 is 11.6 Å². The predicted octanol–water partition coefficient (Wildman–Crippen LogP) is 3.66. The monoisotopic (exact) mass is 403 g/mol. The van der Waals surface area contributed by atoms with Crippen LogP contribution in [0.25, 0.3) is 0 Å². The molecule has 2 aromatic rings. The molecule has 3 rings (SSSR count). The highest BCUT2D eigenvalue weighted by atomic mass is 35.5. The van der Waals surface area contributed by atoms with Gasteiger partial charge >= 0.3 is 6.18 Å². The Bertz CT molecular complexity index is 936. The Labute approximate surface area is 153 Å². The second-order valence-electron chi connectivity index (χ2n) is 5.91. The number of halogens is 4. The summed E-state index contributed by atoms with van der Waals surface area (Å²) in [5.74, 6) is -0.626. The lowest BCUT2D eigenvalue weighted by Gasteiger charge is -2.38. The third kappa shape index (κ3) is 3.57. The molecule has 1 saturated heterocycles. The Kier molecular flexibility index (Phi) is 4.74. The number of benzene rings is 2. The normalized spacial score (nSPS) is 15.6. The highest BCUT2D eigenvalue weighted by Gasteiger charge is 2.41. The summed E-state index contributed by atoms with van der Waals surface area (Å²) in [5.41, 5.74) is -1.05. The van der Waals surface area contributed by atoms with E-state index in [1.165, 1.54) is 35.2 Å². The van der Waals surface area contributed by atoms with E-state index in [2.05, 4.69) is 0 Å². The van der Waals surface area contributed by atoms with E-state index in [9.17, 15) is 26.4 Å². The number of carbonyl (C=O) groups is 1. The maximum Gasteiger partial charge on any atom is 0.416 e. The summed E-state index contributed by atoms with van der Waals surface area (Å²) in [6, 6.07) is 9.75. The van der Waals surface area contributed by atoms with E-state index < -0.39 is 32.7 Å². The molecule has 4 nitrogen and oxygen atoms in total. The topological polar surface area (TPSA) is 54.5 Å². The fraction of sp³-hybridized carbons (Fsp3) is 0.235. The molecule has 0 saturated carbocycles. The fourth-order valence-corrected chi connectivity index (χ4v) is 4.41. The highest BCUT2D eigenvalue weighted by Crippen LogP contribution is 2.31. The van der Waals surface area contributed by atoms with Crippen LogP contribution in [0.3, 0.4) is 0 Å². The third-order valence-corrected chi connectivity index (χ3v) is 6.51. The molecule has 1 amide bonds. The maximum atomic E-state index is 12.7. The van der Waals surface area contributed by atoms with Crippen LogP contribution in [0, 0.1) is 0 Å². The summed E-state index contributed by atoms with van der Waals surface area (Å²) < 4.78 is 63.2. The van der Waals surface area contributed by atoms with Crippen molar-refractivity contribution in [3.63, 3.8) is 0 Å². The molecule has 0 atom stereocenters. The summed E-state index contributed by atoms with van der Waals surface area (Å²) >= 11 is 5.74. The summed E-state index contributed by atoms with van der Waals surface area (Å²) in [6.07, 6.45) is -4.55. The van der Waals surface area contributed by atoms with Crippen molar-refractivity contribution < 1.29 is 26.4 Å². The molecule has 2 aromatic carbocycles. The zero-order chi connectivity index (χ0) is 19.1. The number of sulfone groups is 1. The van der Waals surface area contributed by atoms with Crippen LogP contribution in [-0.4, -0.2) is 37.6 Å². The van der Waals surface area contributed by atoms with Crippen molar-refractivity contribution in [1.82, 2.24) is 4.90 Å². The van der Waals surface area contributed by atoms with Gasteiger partial charge in [0.1, 0.15) is 5.25 Å². The van der Waals surface area contributed by atoms with Gasteiger partial charge in [-0.1, -0.05) is 17.7 Å². The number of hydrogen-bond donors (Lipinski definition) is 0. The van der Waals surface area contributed by atoms with Crippen molar-refractivity contribution in [2.45, 2.75) is 16.3 Å². The van der Waals surface area contributed by atoms with Crippen LogP contribution in [0.4, 0.5) is 13.2 Å². The molecule has 1 fully saturated rings. The van der Waals surface area contributed by atoms with E-state index in [-0.39, 0.29) is 23.5 Å². The van der Waals surface area contributed by atoms with Crippen molar-refractivity contribution in [3.05, 3.63) is 64.7 Å². The highest BCUT2D eigenvalue weighted by molar-refractivity contribution is 7.92. The van der Waals surface area contributed by atoms with Crippen LogP contribution in [0.1, 0.15) is 15.9 Å². The molecule has 1 heterocycles. The molecule has 26 heavy (non-hydrogen) atoms. The third-order valence-electron chi connectivity index (χ3n) is 4.15. The maximum absolute atomic E-state index is 12.7. The molecule has 0 spiro atoms. The van der Waals surface area contributed by atoms with E-state index in [0.717, 1.165) is 18.2 Å². The average molecular weight is 404 g/mol.